The molecule has 0 amide bonds. The fraction of sp³-hybridized carbons (Fsp3) is 0.286. The second-order valence-corrected chi connectivity index (χ2v) is 6.10. The van der Waals surface area contributed by atoms with Gasteiger partial charge in [-0.05, 0) is 58.9 Å². The number of rotatable bonds is 4. The van der Waals surface area contributed by atoms with E-state index in [1.165, 1.54) is 10.9 Å². The van der Waals surface area contributed by atoms with Gasteiger partial charge in [0.05, 0.1) is 0 Å². The van der Waals surface area contributed by atoms with E-state index in [0.717, 1.165) is 10.0 Å². The van der Waals surface area contributed by atoms with Crippen LogP contribution in [0, 0.1) is 5.82 Å². The fourth-order valence-corrected chi connectivity index (χ4v) is 3.67. The molecule has 0 aliphatic heterocycles. The second kappa shape index (κ2) is 5.95. The van der Waals surface area contributed by atoms with Crippen LogP contribution < -0.4 is 5.32 Å². The van der Waals surface area contributed by atoms with Gasteiger partial charge < -0.3 is 5.32 Å². The van der Waals surface area contributed by atoms with Crippen molar-refractivity contribution in [3.63, 3.8) is 0 Å². The van der Waals surface area contributed by atoms with Crippen LogP contribution in [0.3, 0.4) is 0 Å². The maximum Gasteiger partial charge on any atom is 0.123 e. The number of hydrogen-bond acceptors (Lipinski definition) is 2. The number of nitrogens with one attached hydrogen (secondary N) is 1. The first-order valence-electron chi connectivity index (χ1n) is 5.82. The van der Waals surface area contributed by atoms with Gasteiger partial charge in [-0.25, -0.2) is 4.39 Å². The lowest BCUT2D eigenvalue weighted by molar-refractivity contribution is 0.496. The highest BCUT2D eigenvalue weighted by Crippen LogP contribution is 2.30. The maximum absolute atomic E-state index is 13.2. The molecule has 0 saturated carbocycles. The van der Waals surface area contributed by atoms with Crippen LogP contribution in [0.15, 0.2) is 40.2 Å². The van der Waals surface area contributed by atoms with E-state index in [4.69, 9.17) is 0 Å². The van der Waals surface area contributed by atoms with Crippen LogP contribution in [0.25, 0.3) is 0 Å². The quantitative estimate of drug-likeness (QED) is 0.827. The van der Waals surface area contributed by atoms with Crippen LogP contribution in [0.5, 0.6) is 0 Å². The number of benzene rings is 1. The summed E-state index contributed by atoms with van der Waals surface area (Å²) < 4.78 is 14.3. The Balaban J connectivity index is 2.08. The Morgan fingerprint density at radius 1 is 1.22 bits per heavy atom. The molecule has 2 rings (SSSR count). The van der Waals surface area contributed by atoms with Gasteiger partial charge in [-0.3, -0.25) is 0 Å². The Morgan fingerprint density at radius 3 is 2.61 bits per heavy atom. The molecule has 0 radical (unpaired) electrons. The van der Waals surface area contributed by atoms with Crippen molar-refractivity contribution in [2.45, 2.75) is 25.9 Å². The fourth-order valence-electron chi connectivity index (χ4n) is 1.94. The minimum absolute atomic E-state index is 0.115. The van der Waals surface area contributed by atoms with Crippen molar-refractivity contribution in [1.29, 1.82) is 0 Å². The van der Waals surface area contributed by atoms with E-state index in [0.29, 0.717) is 0 Å². The van der Waals surface area contributed by atoms with Gasteiger partial charge in [0.2, 0.25) is 0 Å². The van der Waals surface area contributed by atoms with Crippen LogP contribution in [0.4, 0.5) is 4.39 Å². The Hall–Kier alpha value is -0.710. The van der Waals surface area contributed by atoms with Crippen LogP contribution in [0.2, 0.25) is 0 Å². The summed E-state index contributed by atoms with van der Waals surface area (Å²) in [6.07, 6.45) is 0. The summed E-state index contributed by atoms with van der Waals surface area (Å²) in [4.78, 5) is 1.26. The molecule has 2 atom stereocenters. The topological polar surface area (TPSA) is 12.0 Å². The summed E-state index contributed by atoms with van der Waals surface area (Å²) in [7, 11) is 0. The second-order valence-electron chi connectivity index (χ2n) is 4.30. The highest BCUT2D eigenvalue weighted by molar-refractivity contribution is 9.10. The Kier molecular flexibility index (Phi) is 4.54. The van der Waals surface area contributed by atoms with Gasteiger partial charge in [-0.1, -0.05) is 12.1 Å². The van der Waals surface area contributed by atoms with E-state index in [1.807, 2.05) is 19.1 Å². The van der Waals surface area contributed by atoms with Crippen molar-refractivity contribution in [3.05, 3.63) is 56.4 Å². The summed E-state index contributed by atoms with van der Waals surface area (Å²) in [5, 5.41) is 5.54. The molecule has 0 aliphatic carbocycles. The van der Waals surface area contributed by atoms with Crippen molar-refractivity contribution in [1.82, 2.24) is 5.32 Å². The van der Waals surface area contributed by atoms with E-state index >= 15 is 0 Å². The Labute approximate surface area is 119 Å². The van der Waals surface area contributed by atoms with Gasteiger partial charge in [-0.15, -0.1) is 11.3 Å². The lowest BCUT2D eigenvalue weighted by Gasteiger charge is -2.20. The van der Waals surface area contributed by atoms with Gasteiger partial charge in [0.15, 0.2) is 0 Å². The van der Waals surface area contributed by atoms with Crippen molar-refractivity contribution >= 4 is 27.3 Å². The van der Waals surface area contributed by atoms with Crippen LogP contribution in [-0.4, -0.2) is 0 Å². The minimum Gasteiger partial charge on any atom is -0.303 e. The molecule has 1 aromatic heterocycles. The first kappa shape index (κ1) is 13.7. The lowest BCUT2D eigenvalue weighted by Crippen LogP contribution is -2.22. The molecule has 1 unspecified atom stereocenters. The van der Waals surface area contributed by atoms with Gasteiger partial charge >= 0.3 is 0 Å². The molecule has 0 spiro atoms. The SMILES string of the molecule is CC(N[C@H](C)c1cccc(F)c1)c1sccc1Br. The first-order chi connectivity index (χ1) is 8.58. The van der Waals surface area contributed by atoms with Gasteiger partial charge in [0, 0.05) is 21.4 Å². The number of thiophene rings is 1. The molecule has 18 heavy (non-hydrogen) atoms. The van der Waals surface area contributed by atoms with E-state index in [-0.39, 0.29) is 17.9 Å². The molecule has 2 aromatic rings. The van der Waals surface area contributed by atoms with Crippen molar-refractivity contribution in [3.8, 4) is 0 Å². The summed E-state index contributed by atoms with van der Waals surface area (Å²) in [6, 6.07) is 9.13. The standard InChI is InChI=1S/C14H15BrFNS/c1-9(11-4-3-5-12(16)8-11)17-10(2)14-13(15)6-7-18-14/h3-10,17H,1-2H3/t9-,10?/m1/s1. The van der Waals surface area contributed by atoms with E-state index in [2.05, 4.69) is 33.6 Å². The Bertz CT molecular complexity index is 526. The number of hydrogen-bond donors (Lipinski definition) is 1. The average Bonchev–Trinajstić information content (AvgIpc) is 2.75. The molecule has 1 N–H and O–H groups in total. The molecule has 0 aliphatic rings. The molecule has 0 saturated heterocycles. The molecule has 1 aromatic carbocycles. The van der Waals surface area contributed by atoms with Crippen LogP contribution in [0.1, 0.15) is 36.4 Å². The highest BCUT2D eigenvalue weighted by Gasteiger charge is 2.14. The molecule has 0 fully saturated rings. The Morgan fingerprint density at radius 2 is 2.00 bits per heavy atom. The molecule has 4 heteroatoms. The lowest BCUT2D eigenvalue weighted by atomic mass is 10.1. The van der Waals surface area contributed by atoms with E-state index in [1.54, 1.807) is 23.5 Å². The largest absolute Gasteiger partial charge is 0.303 e. The van der Waals surface area contributed by atoms with Crippen molar-refractivity contribution in [2.75, 3.05) is 0 Å². The van der Waals surface area contributed by atoms with Gasteiger partial charge in [-0.2, -0.15) is 0 Å². The monoisotopic (exact) mass is 327 g/mol. The summed E-state index contributed by atoms with van der Waals surface area (Å²) >= 11 is 5.25. The zero-order valence-electron chi connectivity index (χ0n) is 10.3. The predicted molar refractivity (Wildman–Crippen MR) is 78.4 cm³/mol. The smallest absolute Gasteiger partial charge is 0.123 e. The van der Waals surface area contributed by atoms with E-state index in [9.17, 15) is 4.39 Å². The minimum atomic E-state index is -0.189. The van der Waals surface area contributed by atoms with Gasteiger partial charge in [0.1, 0.15) is 5.82 Å². The summed E-state index contributed by atoms with van der Waals surface area (Å²) in [5.74, 6) is -0.189. The van der Waals surface area contributed by atoms with Crippen LogP contribution in [-0.2, 0) is 0 Å². The maximum atomic E-state index is 13.2. The van der Waals surface area contributed by atoms with Crippen molar-refractivity contribution in [2.24, 2.45) is 0 Å². The third kappa shape index (κ3) is 3.19. The number of halogens is 2. The van der Waals surface area contributed by atoms with Crippen LogP contribution >= 0.6 is 27.3 Å². The highest BCUT2D eigenvalue weighted by atomic mass is 79.9. The summed E-state index contributed by atoms with van der Waals surface area (Å²) in [5.41, 5.74) is 0.967. The van der Waals surface area contributed by atoms with Gasteiger partial charge in [0.25, 0.3) is 0 Å². The predicted octanol–water partition coefficient (Wildman–Crippen LogP) is 5.06. The molecule has 96 valence electrons. The molecular weight excluding hydrogens is 313 g/mol. The van der Waals surface area contributed by atoms with E-state index < -0.39 is 0 Å². The zero-order chi connectivity index (χ0) is 13.1. The first-order valence-corrected chi connectivity index (χ1v) is 7.49. The molecule has 0 bridgehead atoms. The summed E-state index contributed by atoms with van der Waals surface area (Å²) in [6.45, 7) is 4.17. The zero-order valence-corrected chi connectivity index (χ0v) is 12.7. The third-order valence-electron chi connectivity index (χ3n) is 2.89. The third-order valence-corrected chi connectivity index (χ3v) is 4.94. The van der Waals surface area contributed by atoms with Crippen molar-refractivity contribution < 1.29 is 4.39 Å². The molecule has 1 nitrogen and oxygen atoms in total. The molecule has 1 heterocycles. The molecular formula is C14H15BrFNS. The average molecular weight is 328 g/mol. The normalized spacial score (nSPS) is 14.4.